The van der Waals surface area contributed by atoms with Crippen molar-refractivity contribution in [1.29, 1.82) is 5.26 Å². The number of amides is 4. The molecule has 0 saturated heterocycles. The minimum absolute atomic E-state index is 0.00344. The molecule has 0 bridgehead atoms. The highest BCUT2D eigenvalue weighted by Crippen LogP contribution is 2.44. The van der Waals surface area contributed by atoms with Crippen LogP contribution in [-0.4, -0.2) is 90.8 Å². The predicted molar refractivity (Wildman–Crippen MR) is 192 cm³/mol. The summed E-state index contributed by atoms with van der Waals surface area (Å²) in [6.45, 7) is 8.92. The molecular formula is C36H47N6O9P. The van der Waals surface area contributed by atoms with E-state index in [0.29, 0.717) is 0 Å². The van der Waals surface area contributed by atoms with Crippen LogP contribution in [0, 0.1) is 11.3 Å². The molecule has 1 unspecified atom stereocenters. The number of carbonyl (C=O) groups is 6. The van der Waals surface area contributed by atoms with E-state index >= 15 is 0 Å². The first-order valence-corrected chi connectivity index (χ1v) is 18.1. The maximum Gasteiger partial charge on any atom is 0.308 e. The van der Waals surface area contributed by atoms with Crippen LogP contribution in [0.3, 0.4) is 0 Å². The zero-order valence-electron chi connectivity index (χ0n) is 30.3. The van der Waals surface area contributed by atoms with Crippen molar-refractivity contribution in [3.63, 3.8) is 0 Å². The highest BCUT2D eigenvalue weighted by Gasteiger charge is 2.34. The van der Waals surface area contributed by atoms with Gasteiger partial charge in [-0.25, -0.2) is 4.67 Å². The van der Waals surface area contributed by atoms with Crippen molar-refractivity contribution in [3.8, 4) is 17.2 Å². The molecule has 2 aromatic carbocycles. The van der Waals surface area contributed by atoms with E-state index in [4.69, 9.17) is 19.3 Å². The number of nitrogens with zero attached hydrogens (tertiary/aromatic N) is 2. The first-order valence-electron chi connectivity index (χ1n) is 16.9. The molecule has 280 valence electrons. The Balaban J connectivity index is 1.78. The van der Waals surface area contributed by atoms with E-state index in [9.17, 15) is 28.8 Å². The standard InChI is InChI=1S/C36H47N6O9P/c1-22(2)42(23(3)4)52(51-17-11-16-37)41-36(48)31(40-33(45)19-38-35(47)32(39-24(5)43)21-49-25(6)44)18-34(46)50-20-30-28-14-9-7-12-26(28)27-13-8-10-15-29(27)30/h7-10,12-15,22-23,30-32H,11,17-21H2,1-6H3,(H,38,47)(H,39,43)(H,40,45)(H,41,48)/t31-,32-,52?/m0/s1. The van der Waals surface area contributed by atoms with Crippen molar-refractivity contribution in [1.82, 2.24) is 25.7 Å². The summed E-state index contributed by atoms with van der Waals surface area (Å²) in [7, 11) is -1.83. The Morgan fingerprint density at radius 3 is 1.98 bits per heavy atom. The van der Waals surface area contributed by atoms with Gasteiger partial charge in [0, 0.05) is 31.8 Å². The van der Waals surface area contributed by atoms with Crippen molar-refractivity contribution in [2.24, 2.45) is 0 Å². The Morgan fingerprint density at radius 1 is 0.846 bits per heavy atom. The van der Waals surface area contributed by atoms with Crippen molar-refractivity contribution < 1.29 is 42.8 Å². The van der Waals surface area contributed by atoms with Crippen molar-refractivity contribution >= 4 is 44.0 Å². The summed E-state index contributed by atoms with van der Waals surface area (Å²) in [6, 6.07) is 14.8. The normalized spacial score (nSPS) is 13.6. The van der Waals surface area contributed by atoms with Gasteiger partial charge in [0.25, 0.3) is 0 Å². The molecular weight excluding hydrogens is 691 g/mol. The molecule has 52 heavy (non-hydrogen) atoms. The van der Waals surface area contributed by atoms with Gasteiger partial charge in [-0.2, -0.15) is 5.26 Å². The third kappa shape index (κ3) is 12.1. The average molecular weight is 739 g/mol. The maximum absolute atomic E-state index is 13.8. The van der Waals surface area contributed by atoms with E-state index < -0.39 is 75.7 Å². The number of hydrogen-bond donors (Lipinski definition) is 4. The zero-order valence-corrected chi connectivity index (χ0v) is 31.2. The minimum atomic E-state index is -1.83. The fourth-order valence-electron chi connectivity index (χ4n) is 5.74. The van der Waals surface area contributed by atoms with Gasteiger partial charge in [0.15, 0.2) is 0 Å². The van der Waals surface area contributed by atoms with Gasteiger partial charge in [0.05, 0.1) is 32.1 Å². The molecule has 2 aromatic rings. The largest absolute Gasteiger partial charge is 0.465 e. The molecule has 0 aliphatic heterocycles. The van der Waals surface area contributed by atoms with E-state index in [1.54, 1.807) is 0 Å². The number of nitrogens with one attached hydrogen (secondary N) is 4. The molecule has 3 rings (SSSR count). The van der Waals surface area contributed by atoms with Crippen molar-refractivity contribution in [2.75, 3.05) is 26.4 Å². The molecule has 1 aliphatic rings. The third-order valence-corrected chi connectivity index (χ3v) is 10.0. The topological polar surface area (TPSA) is 205 Å². The molecule has 15 nitrogen and oxygen atoms in total. The highest BCUT2D eigenvalue weighted by atomic mass is 31.2. The Bertz CT molecular complexity index is 1590. The summed E-state index contributed by atoms with van der Waals surface area (Å²) < 4.78 is 18.4. The van der Waals surface area contributed by atoms with Gasteiger partial charge >= 0.3 is 11.9 Å². The number of fused-ring (bicyclic) bond motifs is 3. The van der Waals surface area contributed by atoms with E-state index in [1.807, 2.05) is 87.0 Å². The zero-order chi connectivity index (χ0) is 38.4. The number of nitriles is 1. The van der Waals surface area contributed by atoms with Crippen LogP contribution in [0.4, 0.5) is 0 Å². The second kappa shape index (κ2) is 20.2. The van der Waals surface area contributed by atoms with Crippen LogP contribution >= 0.6 is 8.45 Å². The number of esters is 2. The summed E-state index contributed by atoms with van der Waals surface area (Å²) in [5.74, 6) is -4.61. The Hall–Kier alpha value is -4.90. The number of rotatable bonds is 19. The van der Waals surface area contributed by atoms with Gasteiger partial charge in [0.1, 0.15) is 25.3 Å². The van der Waals surface area contributed by atoms with E-state index in [1.165, 1.54) is 6.92 Å². The van der Waals surface area contributed by atoms with Gasteiger partial charge in [-0.05, 0) is 49.9 Å². The molecule has 3 atom stereocenters. The number of carbonyl (C=O) groups excluding carboxylic acids is 6. The lowest BCUT2D eigenvalue weighted by molar-refractivity contribution is -0.146. The summed E-state index contributed by atoms with van der Waals surface area (Å²) in [5, 5.41) is 19.1. The van der Waals surface area contributed by atoms with Crippen LogP contribution in [0.5, 0.6) is 0 Å². The maximum atomic E-state index is 13.8. The second-order valence-corrected chi connectivity index (χ2v) is 14.1. The van der Waals surface area contributed by atoms with Crippen LogP contribution in [0.1, 0.15) is 71.4 Å². The molecule has 0 fully saturated rings. The van der Waals surface area contributed by atoms with Crippen LogP contribution in [0.2, 0.25) is 0 Å². The van der Waals surface area contributed by atoms with Gasteiger partial charge in [-0.3, -0.25) is 33.9 Å². The van der Waals surface area contributed by atoms with Gasteiger partial charge in [-0.15, -0.1) is 0 Å². The Morgan fingerprint density at radius 2 is 1.44 bits per heavy atom. The van der Waals surface area contributed by atoms with E-state index in [-0.39, 0.29) is 37.6 Å². The fourth-order valence-corrected chi connectivity index (χ4v) is 7.50. The molecule has 0 heterocycles. The van der Waals surface area contributed by atoms with Gasteiger partial charge < -0.3 is 29.9 Å². The quantitative estimate of drug-likeness (QED) is 0.0937. The lowest BCUT2D eigenvalue weighted by atomic mass is 9.98. The van der Waals surface area contributed by atoms with Crippen LogP contribution in [-0.2, 0) is 42.8 Å². The first-order chi connectivity index (χ1) is 24.7. The summed E-state index contributed by atoms with van der Waals surface area (Å²) >= 11 is 0. The monoisotopic (exact) mass is 738 g/mol. The lowest BCUT2D eigenvalue weighted by Gasteiger charge is -2.37. The van der Waals surface area contributed by atoms with Crippen molar-refractivity contribution in [2.45, 2.75) is 84.5 Å². The molecule has 4 N–H and O–H groups in total. The minimum Gasteiger partial charge on any atom is -0.465 e. The van der Waals surface area contributed by atoms with E-state index in [2.05, 4.69) is 21.0 Å². The predicted octanol–water partition coefficient (Wildman–Crippen LogP) is 2.79. The molecule has 0 aromatic heterocycles. The first kappa shape index (κ1) is 41.5. The second-order valence-electron chi connectivity index (χ2n) is 12.6. The number of benzene rings is 2. The molecule has 0 radical (unpaired) electrons. The Labute approximate surface area is 305 Å². The highest BCUT2D eigenvalue weighted by molar-refractivity contribution is 7.48. The molecule has 16 heteroatoms. The number of hydrogen-bond acceptors (Lipinski definition) is 11. The Kier molecular flexibility index (Phi) is 16.1. The summed E-state index contributed by atoms with van der Waals surface area (Å²) in [6.07, 6.45) is -0.470. The van der Waals surface area contributed by atoms with Crippen LogP contribution < -0.4 is 21.0 Å². The van der Waals surface area contributed by atoms with Crippen molar-refractivity contribution in [3.05, 3.63) is 59.7 Å². The number of ether oxygens (including phenoxy) is 2. The van der Waals surface area contributed by atoms with Crippen LogP contribution in [0.15, 0.2) is 48.5 Å². The third-order valence-electron chi connectivity index (χ3n) is 7.87. The molecule has 0 spiro atoms. The van der Waals surface area contributed by atoms with Gasteiger partial charge in [0.2, 0.25) is 32.1 Å². The van der Waals surface area contributed by atoms with E-state index in [0.717, 1.165) is 29.2 Å². The molecule has 1 aliphatic carbocycles. The molecule has 4 amide bonds. The average Bonchev–Trinajstić information content (AvgIpc) is 3.40. The smallest absolute Gasteiger partial charge is 0.308 e. The summed E-state index contributed by atoms with van der Waals surface area (Å²) in [5.41, 5.74) is 4.10. The van der Waals surface area contributed by atoms with Gasteiger partial charge in [-0.1, -0.05) is 48.5 Å². The molecule has 0 saturated carbocycles. The SMILES string of the molecule is CC(=O)N[C@@H](COC(C)=O)C(=O)NCC(=O)N[C@@H](CC(=O)OCC1c2ccccc2-c2ccccc21)C(=O)NP(OCCC#N)N(C(C)C)C(C)C. The fraction of sp³-hybridized carbons (Fsp3) is 0.472. The lowest BCUT2D eigenvalue weighted by Crippen LogP contribution is -2.53. The van der Waals surface area contributed by atoms with Crippen LogP contribution in [0.25, 0.3) is 11.1 Å². The summed E-state index contributed by atoms with van der Waals surface area (Å²) in [4.78, 5) is 76.0.